The lowest BCUT2D eigenvalue weighted by atomic mass is 10.1. The van der Waals surface area contributed by atoms with Crippen LogP contribution in [0.2, 0.25) is 0 Å². The van der Waals surface area contributed by atoms with Gasteiger partial charge in [0.1, 0.15) is 5.75 Å². The van der Waals surface area contributed by atoms with Crippen LogP contribution >= 0.6 is 0 Å². The second-order valence-electron chi connectivity index (χ2n) is 5.06. The Morgan fingerprint density at radius 3 is 2.57 bits per heavy atom. The van der Waals surface area contributed by atoms with E-state index in [0.717, 1.165) is 12.0 Å². The fourth-order valence-corrected chi connectivity index (χ4v) is 2.16. The fraction of sp³-hybridized carbons (Fsp3) is 0.235. The molecular weight excluding hydrogens is 264 g/mol. The molecule has 2 amide bonds. The highest BCUT2D eigenvalue weighted by atomic mass is 16.3. The number of urea groups is 1. The molecule has 0 atom stereocenters. The van der Waals surface area contributed by atoms with Gasteiger partial charge < -0.3 is 15.7 Å². The highest BCUT2D eigenvalue weighted by molar-refractivity contribution is 5.90. The van der Waals surface area contributed by atoms with Crippen molar-refractivity contribution in [1.29, 1.82) is 0 Å². The van der Waals surface area contributed by atoms with Gasteiger partial charge in [0.25, 0.3) is 0 Å². The minimum atomic E-state index is -0.239. The Balaban J connectivity index is 1.84. The summed E-state index contributed by atoms with van der Waals surface area (Å²) in [4.78, 5) is 11.8. The standard InChI is InChI=1S/C17H20N2O2/c1-12-5-3-4-6-14(12)9-10-18-17(21)19-16-8-7-15(20)11-13(16)2/h3-8,11,20H,9-10H2,1-2H3,(H2,18,19,21). The van der Waals surface area contributed by atoms with Crippen LogP contribution in [0.15, 0.2) is 42.5 Å². The molecule has 0 radical (unpaired) electrons. The molecule has 0 aliphatic carbocycles. The summed E-state index contributed by atoms with van der Waals surface area (Å²) in [5, 5.41) is 15.0. The minimum absolute atomic E-state index is 0.193. The maximum atomic E-state index is 11.8. The molecule has 0 spiro atoms. The van der Waals surface area contributed by atoms with E-state index in [0.29, 0.717) is 12.2 Å². The van der Waals surface area contributed by atoms with Crippen molar-refractivity contribution in [2.24, 2.45) is 0 Å². The van der Waals surface area contributed by atoms with Crippen molar-refractivity contribution in [2.75, 3.05) is 11.9 Å². The molecule has 4 heteroatoms. The molecule has 2 rings (SSSR count). The summed E-state index contributed by atoms with van der Waals surface area (Å²) in [5.41, 5.74) is 3.98. The van der Waals surface area contributed by atoms with Crippen LogP contribution in [0.1, 0.15) is 16.7 Å². The molecule has 4 nitrogen and oxygen atoms in total. The van der Waals surface area contributed by atoms with E-state index in [1.165, 1.54) is 11.1 Å². The summed E-state index contributed by atoms with van der Waals surface area (Å²) < 4.78 is 0. The Kier molecular flexibility index (Phi) is 4.82. The van der Waals surface area contributed by atoms with Gasteiger partial charge in [0, 0.05) is 12.2 Å². The number of aromatic hydroxyl groups is 1. The second-order valence-corrected chi connectivity index (χ2v) is 5.06. The van der Waals surface area contributed by atoms with Crippen molar-refractivity contribution in [3.8, 4) is 5.75 Å². The molecule has 21 heavy (non-hydrogen) atoms. The maximum Gasteiger partial charge on any atom is 0.319 e. The van der Waals surface area contributed by atoms with E-state index in [2.05, 4.69) is 29.7 Å². The molecule has 0 bridgehead atoms. The summed E-state index contributed by atoms with van der Waals surface area (Å²) >= 11 is 0. The van der Waals surface area contributed by atoms with Crippen LogP contribution in [0.25, 0.3) is 0 Å². The Morgan fingerprint density at radius 1 is 1.10 bits per heavy atom. The van der Waals surface area contributed by atoms with E-state index in [-0.39, 0.29) is 11.8 Å². The number of carbonyl (C=O) groups excluding carboxylic acids is 1. The zero-order chi connectivity index (χ0) is 15.2. The number of anilines is 1. The molecule has 0 saturated carbocycles. The first-order valence-electron chi connectivity index (χ1n) is 6.95. The lowest BCUT2D eigenvalue weighted by Gasteiger charge is -2.11. The predicted octanol–water partition coefficient (Wildman–Crippen LogP) is 3.37. The summed E-state index contributed by atoms with van der Waals surface area (Å²) in [5.74, 6) is 0.193. The highest BCUT2D eigenvalue weighted by Crippen LogP contribution is 2.19. The van der Waals surface area contributed by atoms with Gasteiger partial charge >= 0.3 is 6.03 Å². The molecule has 0 saturated heterocycles. The normalized spacial score (nSPS) is 10.2. The van der Waals surface area contributed by atoms with Gasteiger partial charge in [0.2, 0.25) is 0 Å². The van der Waals surface area contributed by atoms with Gasteiger partial charge in [-0.3, -0.25) is 0 Å². The van der Waals surface area contributed by atoms with E-state index < -0.39 is 0 Å². The second kappa shape index (κ2) is 6.79. The van der Waals surface area contributed by atoms with Crippen LogP contribution in [-0.2, 0) is 6.42 Å². The van der Waals surface area contributed by atoms with Crippen LogP contribution in [0.4, 0.5) is 10.5 Å². The number of amides is 2. The molecule has 0 unspecified atom stereocenters. The molecule has 110 valence electrons. The van der Waals surface area contributed by atoms with E-state index in [4.69, 9.17) is 0 Å². The average Bonchev–Trinajstić information content (AvgIpc) is 2.44. The number of hydrogen-bond donors (Lipinski definition) is 3. The Bertz CT molecular complexity index is 638. The predicted molar refractivity (Wildman–Crippen MR) is 84.7 cm³/mol. The van der Waals surface area contributed by atoms with Crippen molar-refractivity contribution in [2.45, 2.75) is 20.3 Å². The number of benzene rings is 2. The number of carbonyl (C=O) groups is 1. The number of phenolic OH excluding ortho intramolecular Hbond substituents is 1. The topological polar surface area (TPSA) is 61.4 Å². The Labute approximate surface area is 124 Å². The van der Waals surface area contributed by atoms with E-state index >= 15 is 0 Å². The van der Waals surface area contributed by atoms with Gasteiger partial charge in [-0.2, -0.15) is 0 Å². The van der Waals surface area contributed by atoms with Crippen molar-refractivity contribution >= 4 is 11.7 Å². The third-order valence-electron chi connectivity index (χ3n) is 3.40. The van der Waals surface area contributed by atoms with Gasteiger partial charge in [-0.15, -0.1) is 0 Å². The SMILES string of the molecule is Cc1ccccc1CCNC(=O)Nc1ccc(O)cc1C. The zero-order valence-electron chi connectivity index (χ0n) is 12.3. The molecule has 2 aromatic rings. The lowest BCUT2D eigenvalue weighted by Crippen LogP contribution is -2.30. The molecular formula is C17H20N2O2. The van der Waals surface area contributed by atoms with Crippen LogP contribution < -0.4 is 10.6 Å². The molecule has 0 aromatic heterocycles. The summed E-state index contributed by atoms with van der Waals surface area (Å²) in [7, 11) is 0. The quantitative estimate of drug-likeness (QED) is 0.754. The van der Waals surface area contributed by atoms with Crippen molar-refractivity contribution < 1.29 is 9.90 Å². The first-order valence-corrected chi connectivity index (χ1v) is 6.95. The highest BCUT2D eigenvalue weighted by Gasteiger charge is 2.05. The van der Waals surface area contributed by atoms with Crippen molar-refractivity contribution in [3.05, 3.63) is 59.2 Å². The van der Waals surface area contributed by atoms with Gasteiger partial charge in [-0.1, -0.05) is 24.3 Å². The smallest absolute Gasteiger partial charge is 0.319 e. The molecule has 2 aromatic carbocycles. The maximum absolute atomic E-state index is 11.8. The van der Waals surface area contributed by atoms with Crippen molar-refractivity contribution in [1.82, 2.24) is 5.32 Å². The van der Waals surface area contributed by atoms with Gasteiger partial charge in [-0.25, -0.2) is 4.79 Å². The van der Waals surface area contributed by atoms with E-state index in [9.17, 15) is 9.90 Å². The summed E-state index contributed by atoms with van der Waals surface area (Å²) in [6.45, 7) is 4.48. The number of nitrogens with one attached hydrogen (secondary N) is 2. The van der Waals surface area contributed by atoms with Crippen LogP contribution in [0.3, 0.4) is 0 Å². The van der Waals surface area contributed by atoms with Crippen LogP contribution in [0, 0.1) is 13.8 Å². The monoisotopic (exact) mass is 284 g/mol. The van der Waals surface area contributed by atoms with Crippen LogP contribution in [-0.4, -0.2) is 17.7 Å². The number of phenols is 1. The van der Waals surface area contributed by atoms with E-state index in [1.807, 2.05) is 19.1 Å². The van der Waals surface area contributed by atoms with Crippen molar-refractivity contribution in [3.63, 3.8) is 0 Å². The summed E-state index contributed by atoms with van der Waals surface area (Å²) in [6, 6.07) is 12.8. The molecule has 0 aliphatic rings. The minimum Gasteiger partial charge on any atom is -0.508 e. The zero-order valence-corrected chi connectivity index (χ0v) is 12.3. The van der Waals surface area contributed by atoms with Crippen LogP contribution in [0.5, 0.6) is 5.75 Å². The number of rotatable bonds is 4. The molecule has 3 N–H and O–H groups in total. The van der Waals surface area contributed by atoms with Gasteiger partial charge in [-0.05, 0) is 55.2 Å². The van der Waals surface area contributed by atoms with E-state index in [1.54, 1.807) is 18.2 Å². The fourth-order valence-electron chi connectivity index (χ4n) is 2.16. The Morgan fingerprint density at radius 2 is 1.86 bits per heavy atom. The summed E-state index contributed by atoms with van der Waals surface area (Å²) in [6.07, 6.45) is 0.800. The molecule has 0 aliphatic heterocycles. The largest absolute Gasteiger partial charge is 0.508 e. The third kappa shape index (κ3) is 4.24. The van der Waals surface area contributed by atoms with Gasteiger partial charge in [0.15, 0.2) is 0 Å². The third-order valence-corrected chi connectivity index (χ3v) is 3.40. The molecule has 0 heterocycles. The number of hydrogen-bond acceptors (Lipinski definition) is 2. The number of aryl methyl sites for hydroxylation is 2. The first-order chi connectivity index (χ1) is 10.1. The Hall–Kier alpha value is -2.49. The van der Waals surface area contributed by atoms with Gasteiger partial charge in [0.05, 0.1) is 0 Å². The first kappa shape index (κ1) is 14.9. The average molecular weight is 284 g/mol. The molecule has 0 fully saturated rings. The lowest BCUT2D eigenvalue weighted by molar-refractivity contribution is 0.252.